The maximum absolute atomic E-state index is 5.70. The molecule has 67 heavy (non-hydrogen) atoms. The molecule has 14 aromatic rings. The highest BCUT2D eigenvalue weighted by atomic mass is 14.9. The Labute approximate surface area is 379 Å². The number of benzene rings is 5. The lowest BCUT2D eigenvalue weighted by molar-refractivity contribution is 0.900. The monoisotopic (exact) mass is 862 g/mol. The smallest absolute Gasteiger partial charge is 0.120 e. The summed E-state index contributed by atoms with van der Waals surface area (Å²) in [6.45, 7) is 0. The number of hydrogen-bond acceptors (Lipinski definition) is 6. The van der Waals surface area contributed by atoms with E-state index in [-0.39, 0.29) is 5.92 Å². The van der Waals surface area contributed by atoms with E-state index in [1.165, 1.54) is 0 Å². The molecule has 0 atom stereocenters. The van der Waals surface area contributed by atoms with Gasteiger partial charge in [0.25, 0.3) is 0 Å². The zero-order valence-corrected chi connectivity index (χ0v) is 35.3. The lowest BCUT2D eigenvalue weighted by Crippen LogP contribution is -2.04. The summed E-state index contributed by atoms with van der Waals surface area (Å²) in [5.74, 6) is -0.126. The van der Waals surface area contributed by atoms with E-state index in [9.17, 15) is 0 Å². The molecule has 0 fully saturated rings. The molecule has 0 saturated heterocycles. The van der Waals surface area contributed by atoms with Crippen molar-refractivity contribution in [2.75, 3.05) is 0 Å². The van der Waals surface area contributed by atoms with Crippen molar-refractivity contribution in [3.05, 3.63) is 181 Å². The molecule has 0 aliphatic carbocycles. The molecule has 0 saturated carbocycles. The largest absolute Gasteiger partial charge is 0.361 e. The predicted molar refractivity (Wildman–Crippen MR) is 264 cm³/mol. The van der Waals surface area contributed by atoms with Crippen LogP contribution in [0.25, 0.3) is 134 Å². The third-order valence-electron chi connectivity index (χ3n) is 13.4. The molecule has 9 aromatic heterocycles. The van der Waals surface area contributed by atoms with Gasteiger partial charge in [-0.1, -0.05) is 30.3 Å². The van der Waals surface area contributed by atoms with Gasteiger partial charge in [-0.25, -0.2) is 29.9 Å². The number of H-pyrrole nitrogens is 6. The SMILES string of the molecule is c1ccc(C2c3ccc([nH]3)-c3ccc(-c4ccc[nH]4)c4nc5c6nc7c(-c8ccc[nH]8)ccc(-c8ccc[nH]8)c7nc6c6nc7c(-c8ccc[nH]8)ccc(c7nc6c5nc34)-c3ccc2[nH]3)cc1. The maximum Gasteiger partial charge on any atom is 0.120 e. The van der Waals surface area contributed by atoms with E-state index in [0.717, 1.165) is 118 Å². The van der Waals surface area contributed by atoms with Crippen LogP contribution in [0.1, 0.15) is 22.9 Å². The normalized spacial score (nSPS) is 12.7. The van der Waals surface area contributed by atoms with Gasteiger partial charge in [-0.2, -0.15) is 0 Å². The molecular weight excluding hydrogens is 829 g/mol. The molecule has 6 N–H and O–H groups in total. The van der Waals surface area contributed by atoms with E-state index in [1.54, 1.807) is 0 Å². The van der Waals surface area contributed by atoms with Crippen molar-refractivity contribution in [2.24, 2.45) is 0 Å². The van der Waals surface area contributed by atoms with Crippen LogP contribution in [-0.4, -0.2) is 59.8 Å². The van der Waals surface area contributed by atoms with E-state index >= 15 is 0 Å². The van der Waals surface area contributed by atoms with E-state index in [2.05, 4.69) is 145 Å². The first-order chi connectivity index (χ1) is 33.2. The van der Waals surface area contributed by atoms with Crippen molar-refractivity contribution >= 4 is 66.2 Å². The van der Waals surface area contributed by atoms with Gasteiger partial charge in [0, 0.05) is 104 Å². The van der Waals surface area contributed by atoms with Crippen LogP contribution in [0.3, 0.4) is 0 Å². The highest BCUT2D eigenvalue weighted by Crippen LogP contribution is 2.44. The Hall–Kier alpha value is -9.42. The number of rotatable bonds is 5. The number of nitrogens with one attached hydrogen (secondary N) is 6. The summed E-state index contributed by atoms with van der Waals surface area (Å²) in [6, 6.07) is 48.3. The summed E-state index contributed by atoms with van der Waals surface area (Å²) >= 11 is 0. The summed E-state index contributed by atoms with van der Waals surface area (Å²) < 4.78 is 0. The molecular formula is C55H34N12. The van der Waals surface area contributed by atoms with Crippen molar-refractivity contribution in [1.29, 1.82) is 0 Å². The Kier molecular flexibility index (Phi) is 7.28. The van der Waals surface area contributed by atoms with Gasteiger partial charge in [0.15, 0.2) is 0 Å². The van der Waals surface area contributed by atoms with Gasteiger partial charge in [-0.05, 0) is 115 Å². The number of fused-ring (bicyclic) bond motifs is 10. The Morgan fingerprint density at radius 1 is 0.254 bits per heavy atom. The first kappa shape index (κ1) is 36.0. The van der Waals surface area contributed by atoms with Crippen LogP contribution in [-0.2, 0) is 0 Å². The van der Waals surface area contributed by atoms with Crippen LogP contribution in [0.4, 0.5) is 0 Å². The first-order valence-electron chi connectivity index (χ1n) is 22.2. The van der Waals surface area contributed by atoms with Crippen molar-refractivity contribution in [3.8, 4) is 67.5 Å². The third kappa shape index (κ3) is 5.23. The van der Waals surface area contributed by atoms with Crippen molar-refractivity contribution in [2.45, 2.75) is 5.92 Å². The van der Waals surface area contributed by atoms with Crippen molar-refractivity contribution < 1.29 is 0 Å². The van der Waals surface area contributed by atoms with E-state index in [0.29, 0.717) is 33.1 Å². The minimum absolute atomic E-state index is 0.126. The molecule has 12 heteroatoms. The molecule has 8 bridgehead atoms. The lowest BCUT2D eigenvalue weighted by atomic mass is 9.93. The second-order valence-electron chi connectivity index (χ2n) is 17.2. The Bertz CT molecular complexity index is 4000. The number of hydrogen-bond donors (Lipinski definition) is 6. The second kappa shape index (κ2) is 13.5. The fraction of sp³-hybridized carbons (Fsp3) is 0.0182. The van der Waals surface area contributed by atoms with E-state index in [1.807, 2.05) is 49.1 Å². The summed E-state index contributed by atoms with van der Waals surface area (Å²) in [5, 5.41) is 0. The zero-order chi connectivity index (χ0) is 43.7. The topological polar surface area (TPSA) is 172 Å². The minimum Gasteiger partial charge on any atom is -0.361 e. The van der Waals surface area contributed by atoms with Crippen LogP contribution < -0.4 is 0 Å². The van der Waals surface area contributed by atoms with Crippen LogP contribution in [0, 0.1) is 0 Å². The van der Waals surface area contributed by atoms with Gasteiger partial charge in [-0.15, -0.1) is 0 Å². The predicted octanol–water partition coefficient (Wildman–Crippen LogP) is 12.4. The van der Waals surface area contributed by atoms with Gasteiger partial charge < -0.3 is 29.9 Å². The molecule has 0 amide bonds. The van der Waals surface area contributed by atoms with Crippen LogP contribution in [0.15, 0.2) is 164 Å². The van der Waals surface area contributed by atoms with Gasteiger partial charge in [0.1, 0.15) is 33.1 Å². The third-order valence-corrected chi connectivity index (χ3v) is 13.4. The standard InChI is InChI=1S/C55H34N12/c1-2-8-28(9-3-1)43-41-22-20-39(60-41)33-18-16-31(37-12-6-26-58-37)46-48(33)66-54-52(64-46)50-51(63-45-30(36-11-5-25-57-36)15-14-29(44(45)62-50)35-10-4-24-56-35)53-55(54)67-49-34(40-21-23-42(43)61-40)19-17-32(47(49)65-53)38-13-7-27-59-38/h1-27,43,56-61H. The van der Waals surface area contributed by atoms with Gasteiger partial charge in [0.2, 0.25) is 0 Å². The minimum atomic E-state index is -0.126. The molecule has 1 aliphatic heterocycles. The van der Waals surface area contributed by atoms with E-state index in [4.69, 9.17) is 29.9 Å². The molecule has 314 valence electrons. The average molecular weight is 863 g/mol. The summed E-state index contributed by atoms with van der Waals surface area (Å²) in [6.07, 6.45) is 7.72. The average Bonchev–Trinajstić information content (AvgIpc) is 4.23. The second-order valence-corrected chi connectivity index (χ2v) is 17.2. The van der Waals surface area contributed by atoms with E-state index < -0.39 is 0 Å². The molecule has 0 radical (unpaired) electrons. The molecule has 12 nitrogen and oxygen atoms in total. The van der Waals surface area contributed by atoms with Gasteiger partial charge in [0.05, 0.1) is 39.0 Å². The van der Waals surface area contributed by atoms with Crippen LogP contribution in [0.5, 0.6) is 0 Å². The highest BCUT2D eigenvalue weighted by molar-refractivity contribution is 6.23. The summed E-state index contributed by atoms with van der Waals surface area (Å²) in [4.78, 5) is 55.4. The zero-order valence-electron chi connectivity index (χ0n) is 35.3. The highest BCUT2D eigenvalue weighted by Gasteiger charge is 2.27. The number of nitrogens with zero attached hydrogens (tertiary/aromatic N) is 6. The van der Waals surface area contributed by atoms with Crippen LogP contribution >= 0.6 is 0 Å². The molecule has 1 aliphatic rings. The Morgan fingerprint density at radius 2 is 0.552 bits per heavy atom. The first-order valence-corrected chi connectivity index (χ1v) is 22.2. The van der Waals surface area contributed by atoms with Gasteiger partial charge in [-0.3, -0.25) is 0 Å². The van der Waals surface area contributed by atoms with Crippen molar-refractivity contribution in [1.82, 2.24) is 59.8 Å². The van der Waals surface area contributed by atoms with Crippen LogP contribution in [0.2, 0.25) is 0 Å². The fourth-order valence-corrected chi connectivity index (χ4v) is 10.3. The molecule has 10 heterocycles. The number of aromatic amines is 6. The molecule has 0 unspecified atom stereocenters. The summed E-state index contributed by atoms with van der Waals surface area (Å²) in [7, 11) is 0. The summed E-state index contributed by atoms with van der Waals surface area (Å²) in [5.41, 5.74) is 22.0. The quantitative estimate of drug-likeness (QED) is 0.0742. The molecule has 5 aromatic carbocycles. The lowest BCUT2D eigenvalue weighted by Gasteiger charge is -2.16. The van der Waals surface area contributed by atoms with Gasteiger partial charge >= 0.3 is 0 Å². The Balaban J connectivity index is 1.16. The number of aromatic nitrogens is 12. The molecule has 15 rings (SSSR count). The maximum atomic E-state index is 5.70. The molecule has 0 spiro atoms. The fourth-order valence-electron chi connectivity index (χ4n) is 10.3. The van der Waals surface area contributed by atoms with Crippen molar-refractivity contribution in [3.63, 3.8) is 0 Å². The Morgan fingerprint density at radius 3 is 0.836 bits per heavy atom.